The van der Waals surface area contributed by atoms with Crippen LogP contribution >= 0.6 is 0 Å². The van der Waals surface area contributed by atoms with E-state index in [2.05, 4.69) is 10.0 Å². The van der Waals surface area contributed by atoms with E-state index >= 15 is 0 Å². The zero-order chi connectivity index (χ0) is 16.5. The van der Waals surface area contributed by atoms with Crippen molar-refractivity contribution < 1.29 is 13.2 Å². The molecule has 0 aliphatic carbocycles. The van der Waals surface area contributed by atoms with Gasteiger partial charge in [-0.15, -0.1) is 0 Å². The molecule has 1 aromatic carbocycles. The normalized spacial score (nSPS) is 19.4. The zero-order valence-corrected chi connectivity index (χ0v) is 14.9. The van der Waals surface area contributed by atoms with Crippen LogP contribution in [0.4, 0.5) is 0 Å². The van der Waals surface area contributed by atoms with Crippen LogP contribution < -0.4 is 10.0 Å². The summed E-state index contributed by atoms with van der Waals surface area (Å²) in [5, 5.41) is 3.20. The van der Waals surface area contributed by atoms with E-state index in [1.807, 2.05) is 34.6 Å². The molecule has 2 rings (SSSR count). The van der Waals surface area contributed by atoms with E-state index in [1.165, 1.54) is 0 Å². The van der Waals surface area contributed by atoms with Gasteiger partial charge in [-0.2, -0.15) is 0 Å². The molecule has 1 aliphatic rings. The van der Waals surface area contributed by atoms with E-state index in [9.17, 15) is 8.42 Å². The van der Waals surface area contributed by atoms with Crippen molar-refractivity contribution in [3.05, 3.63) is 27.8 Å². The summed E-state index contributed by atoms with van der Waals surface area (Å²) >= 11 is 0. The van der Waals surface area contributed by atoms with Crippen molar-refractivity contribution >= 4 is 10.0 Å². The van der Waals surface area contributed by atoms with E-state index in [0.29, 0.717) is 24.6 Å². The number of ether oxygens (including phenoxy) is 1. The van der Waals surface area contributed by atoms with Crippen LogP contribution in [0.1, 0.15) is 27.8 Å². The number of hydrogen-bond acceptors (Lipinski definition) is 4. The van der Waals surface area contributed by atoms with Crippen LogP contribution in [0.2, 0.25) is 0 Å². The van der Waals surface area contributed by atoms with Crippen LogP contribution in [0, 0.1) is 34.6 Å². The van der Waals surface area contributed by atoms with Crippen molar-refractivity contribution in [2.45, 2.75) is 45.6 Å². The Hall–Kier alpha value is -0.950. The van der Waals surface area contributed by atoms with Gasteiger partial charge in [0.15, 0.2) is 0 Å². The van der Waals surface area contributed by atoms with Gasteiger partial charge in [-0.1, -0.05) is 0 Å². The maximum atomic E-state index is 12.7. The second kappa shape index (κ2) is 6.66. The lowest BCUT2D eigenvalue weighted by molar-refractivity contribution is 0.0324. The lowest BCUT2D eigenvalue weighted by atomic mass is 9.95. The monoisotopic (exact) mass is 326 g/mol. The summed E-state index contributed by atoms with van der Waals surface area (Å²) in [4.78, 5) is 0.414. The minimum atomic E-state index is -3.54. The van der Waals surface area contributed by atoms with E-state index in [4.69, 9.17) is 4.74 Å². The van der Waals surface area contributed by atoms with Gasteiger partial charge in [0.05, 0.1) is 17.6 Å². The highest BCUT2D eigenvalue weighted by atomic mass is 32.2. The standard InChI is InChI=1S/C16H26N2O3S/c1-10-11(2)13(4)16(14(5)12(10)3)22(19,20)18-9-15-8-17-6-7-21-15/h15,17-18H,6-9H2,1-5H3. The van der Waals surface area contributed by atoms with Gasteiger partial charge in [-0.25, -0.2) is 13.1 Å². The quantitative estimate of drug-likeness (QED) is 0.880. The maximum absolute atomic E-state index is 12.7. The van der Waals surface area contributed by atoms with Crippen molar-refractivity contribution in [3.63, 3.8) is 0 Å². The molecule has 0 saturated carbocycles. The van der Waals surface area contributed by atoms with Gasteiger partial charge < -0.3 is 10.1 Å². The Kier molecular flexibility index (Phi) is 5.27. The second-order valence-electron chi connectivity index (χ2n) is 6.00. The Bertz CT molecular complexity index is 633. The van der Waals surface area contributed by atoms with Crippen LogP contribution in [-0.4, -0.2) is 40.8 Å². The molecule has 1 unspecified atom stereocenters. The third-order valence-electron chi connectivity index (χ3n) is 4.71. The van der Waals surface area contributed by atoms with Crippen LogP contribution in [0.25, 0.3) is 0 Å². The lowest BCUT2D eigenvalue weighted by Gasteiger charge is -2.24. The molecule has 1 heterocycles. The molecule has 1 aromatic rings. The SMILES string of the molecule is Cc1c(C)c(C)c(S(=O)(=O)NCC2CNCCO2)c(C)c1C. The zero-order valence-electron chi connectivity index (χ0n) is 14.0. The topological polar surface area (TPSA) is 67.4 Å². The number of sulfonamides is 1. The fraction of sp³-hybridized carbons (Fsp3) is 0.625. The minimum absolute atomic E-state index is 0.114. The highest BCUT2D eigenvalue weighted by Crippen LogP contribution is 2.29. The molecule has 1 atom stereocenters. The summed E-state index contributed by atoms with van der Waals surface area (Å²) in [6.07, 6.45) is -0.114. The number of morpholine rings is 1. The highest BCUT2D eigenvalue weighted by molar-refractivity contribution is 7.89. The number of nitrogens with one attached hydrogen (secondary N) is 2. The maximum Gasteiger partial charge on any atom is 0.241 e. The second-order valence-corrected chi connectivity index (χ2v) is 7.71. The molecule has 2 N–H and O–H groups in total. The van der Waals surface area contributed by atoms with Gasteiger partial charge in [0.1, 0.15) is 0 Å². The molecule has 22 heavy (non-hydrogen) atoms. The predicted molar refractivity (Wildman–Crippen MR) is 87.9 cm³/mol. The smallest absolute Gasteiger partial charge is 0.241 e. The molecule has 0 radical (unpaired) electrons. The van der Waals surface area contributed by atoms with Gasteiger partial charge in [0.25, 0.3) is 0 Å². The van der Waals surface area contributed by atoms with Crippen molar-refractivity contribution in [2.24, 2.45) is 0 Å². The molecular formula is C16H26N2O3S. The summed E-state index contributed by atoms with van der Waals surface area (Å²) in [5.41, 5.74) is 4.90. The number of rotatable bonds is 4. The molecule has 1 aliphatic heterocycles. The Labute approximate surface area is 133 Å². The van der Waals surface area contributed by atoms with E-state index in [1.54, 1.807) is 0 Å². The van der Waals surface area contributed by atoms with Crippen molar-refractivity contribution in [1.82, 2.24) is 10.0 Å². The first-order valence-electron chi connectivity index (χ1n) is 7.64. The number of benzene rings is 1. The first-order valence-corrected chi connectivity index (χ1v) is 9.13. The van der Waals surface area contributed by atoms with Gasteiger partial charge in [-0.05, 0) is 62.4 Å². The molecule has 1 saturated heterocycles. The van der Waals surface area contributed by atoms with Crippen molar-refractivity contribution in [3.8, 4) is 0 Å². The summed E-state index contributed by atoms with van der Waals surface area (Å²) in [7, 11) is -3.54. The molecule has 0 aromatic heterocycles. The molecule has 0 spiro atoms. The van der Waals surface area contributed by atoms with Crippen LogP contribution in [0.15, 0.2) is 4.90 Å². The Morgan fingerprint density at radius 1 is 1.05 bits per heavy atom. The van der Waals surface area contributed by atoms with Gasteiger partial charge in [-0.3, -0.25) is 0 Å². The van der Waals surface area contributed by atoms with Gasteiger partial charge in [0, 0.05) is 19.6 Å². The largest absolute Gasteiger partial charge is 0.374 e. The molecule has 6 heteroatoms. The fourth-order valence-corrected chi connectivity index (χ4v) is 4.56. The predicted octanol–water partition coefficient (Wildman–Crippen LogP) is 1.50. The molecule has 0 bridgehead atoms. The third-order valence-corrected chi connectivity index (χ3v) is 6.40. The lowest BCUT2D eigenvalue weighted by Crippen LogP contribution is -2.45. The highest BCUT2D eigenvalue weighted by Gasteiger charge is 2.25. The van der Waals surface area contributed by atoms with Crippen LogP contribution in [0.5, 0.6) is 0 Å². The molecule has 124 valence electrons. The summed E-state index contributed by atoms with van der Waals surface area (Å²) in [5.74, 6) is 0. The van der Waals surface area contributed by atoms with E-state index in [-0.39, 0.29) is 6.10 Å². The Balaban J connectivity index is 2.29. The fourth-order valence-electron chi connectivity index (χ4n) is 2.89. The molecular weight excluding hydrogens is 300 g/mol. The molecule has 0 amide bonds. The van der Waals surface area contributed by atoms with Crippen LogP contribution in [0.3, 0.4) is 0 Å². The summed E-state index contributed by atoms with van der Waals surface area (Å²) in [6, 6.07) is 0. The van der Waals surface area contributed by atoms with Crippen molar-refractivity contribution in [2.75, 3.05) is 26.2 Å². The first kappa shape index (κ1) is 17.4. The Morgan fingerprint density at radius 2 is 1.59 bits per heavy atom. The molecule has 5 nitrogen and oxygen atoms in total. The summed E-state index contributed by atoms with van der Waals surface area (Å²) < 4.78 is 33.7. The summed E-state index contributed by atoms with van der Waals surface area (Å²) in [6.45, 7) is 12.1. The average molecular weight is 326 g/mol. The molecule has 1 fully saturated rings. The van der Waals surface area contributed by atoms with E-state index in [0.717, 1.165) is 34.4 Å². The Morgan fingerprint density at radius 3 is 2.09 bits per heavy atom. The third kappa shape index (κ3) is 3.35. The number of hydrogen-bond donors (Lipinski definition) is 2. The van der Waals surface area contributed by atoms with Crippen LogP contribution in [-0.2, 0) is 14.8 Å². The van der Waals surface area contributed by atoms with E-state index < -0.39 is 10.0 Å². The van der Waals surface area contributed by atoms with Gasteiger partial charge >= 0.3 is 0 Å². The average Bonchev–Trinajstić information content (AvgIpc) is 2.50. The minimum Gasteiger partial charge on any atom is -0.374 e. The first-order chi connectivity index (χ1) is 10.3. The van der Waals surface area contributed by atoms with Crippen molar-refractivity contribution in [1.29, 1.82) is 0 Å². The van der Waals surface area contributed by atoms with Gasteiger partial charge in [0.2, 0.25) is 10.0 Å².